The zero-order chi connectivity index (χ0) is 32.8. The number of sulfonamides is 1. The number of hydrogen-bond acceptors (Lipinski definition) is 8. The van der Waals surface area contributed by atoms with Gasteiger partial charge in [0.25, 0.3) is 5.91 Å². The molecule has 1 amide bonds. The molecule has 3 heterocycles. The van der Waals surface area contributed by atoms with Gasteiger partial charge in [0.2, 0.25) is 10.0 Å². The minimum absolute atomic E-state index is 0.0236. The molecule has 12 nitrogen and oxygen atoms in total. The van der Waals surface area contributed by atoms with E-state index in [0.29, 0.717) is 47.4 Å². The van der Waals surface area contributed by atoms with E-state index < -0.39 is 39.4 Å². The number of amides is 1. The average molecular weight is 640 g/mol. The van der Waals surface area contributed by atoms with Crippen molar-refractivity contribution >= 4 is 27.5 Å². The van der Waals surface area contributed by atoms with Crippen LogP contribution in [0.25, 0.3) is 16.9 Å². The predicted octanol–water partition coefficient (Wildman–Crippen LogP) is 4.00. The summed E-state index contributed by atoms with van der Waals surface area (Å²) in [5, 5.41) is 22.7. The summed E-state index contributed by atoms with van der Waals surface area (Å²) in [5.41, 5.74) is 2.41. The molecule has 0 radical (unpaired) electrons. The second kappa shape index (κ2) is 11.8. The van der Waals surface area contributed by atoms with Crippen molar-refractivity contribution in [3.8, 4) is 17.0 Å². The van der Waals surface area contributed by atoms with E-state index in [1.165, 1.54) is 40.9 Å². The van der Waals surface area contributed by atoms with Gasteiger partial charge < -0.3 is 19.9 Å². The molecule has 0 aliphatic carbocycles. The number of halogens is 1. The van der Waals surface area contributed by atoms with Crippen molar-refractivity contribution in [3.05, 3.63) is 75.9 Å². The Labute approximate surface area is 259 Å². The van der Waals surface area contributed by atoms with E-state index >= 15 is 4.39 Å². The van der Waals surface area contributed by atoms with Gasteiger partial charge in [-0.05, 0) is 76.8 Å². The largest absolute Gasteiger partial charge is 0.490 e. The highest BCUT2D eigenvalue weighted by molar-refractivity contribution is 7.89. The van der Waals surface area contributed by atoms with Crippen LogP contribution in [-0.4, -0.2) is 52.2 Å². The minimum Gasteiger partial charge on any atom is -0.490 e. The van der Waals surface area contributed by atoms with Crippen molar-refractivity contribution in [2.45, 2.75) is 70.6 Å². The maximum absolute atomic E-state index is 15.5. The monoisotopic (exact) mass is 639 g/mol. The van der Waals surface area contributed by atoms with Crippen LogP contribution < -0.4 is 15.2 Å². The molecule has 4 aromatic rings. The van der Waals surface area contributed by atoms with Gasteiger partial charge in [0.1, 0.15) is 0 Å². The normalized spacial score (nSPS) is 14.1. The highest BCUT2D eigenvalue weighted by Gasteiger charge is 2.35. The van der Waals surface area contributed by atoms with Crippen LogP contribution in [-0.2, 0) is 32.5 Å². The number of fused-ring (bicyclic) bond motifs is 2. The van der Waals surface area contributed by atoms with E-state index in [1.54, 1.807) is 27.7 Å². The van der Waals surface area contributed by atoms with Crippen molar-refractivity contribution in [2.75, 3.05) is 6.61 Å². The first-order valence-corrected chi connectivity index (χ1v) is 15.8. The van der Waals surface area contributed by atoms with Gasteiger partial charge in [-0.3, -0.25) is 4.79 Å². The molecular weight excluding hydrogens is 605 g/mol. The Balaban J connectivity index is 1.64. The summed E-state index contributed by atoms with van der Waals surface area (Å²) in [6, 6.07) is 8.47. The van der Waals surface area contributed by atoms with E-state index in [-0.39, 0.29) is 39.8 Å². The molecule has 0 spiro atoms. The summed E-state index contributed by atoms with van der Waals surface area (Å²) in [7, 11) is -3.86. The first-order valence-electron chi connectivity index (χ1n) is 14.2. The number of nitrogens with one attached hydrogen (secondary N) is 1. The third kappa shape index (κ3) is 6.53. The summed E-state index contributed by atoms with van der Waals surface area (Å²) in [6.45, 7) is 9.06. The third-order valence-corrected chi connectivity index (χ3v) is 8.35. The number of ether oxygens (including phenoxy) is 2. The van der Waals surface area contributed by atoms with Gasteiger partial charge in [-0.2, -0.15) is 5.10 Å². The van der Waals surface area contributed by atoms with Crippen LogP contribution in [0.15, 0.2) is 41.3 Å². The predicted molar refractivity (Wildman–Crippen MR) is 162 cm³/mol. The quantitative estimate of drug-likeness (QED) is 0.257. The van der Waals surface area contributed by atoms with Gasteiger partial charge in [-0.15, -0.1) is 0 Å². The van der Waals surface area contributed by atoms with Crippen molar-refractivity contribution in [1.82, 2.24) is 19.9 Å². The molecule has 238 valence electrons. The molecule has 1 atom stereocenters. The number of benzene rings is 2. The summed E-state index contributed by atoms with van der Waals surface area (Å²) in [6.07, 6.45) is -0.232. The van der Waals surface area contributed by atoms with Gasteiger partial charge in [0.05, 0.1) is 22.8 Å². The summed E-state index contributed by atoms with van der Waals surface area (Å²) < 4.78 is 51.6. The van der Waals surface area contributed by atoms with Crippen LogP contribution in [0.1, 0.15) is 71.7 Å². The molecule has 1 aliphatic heterocycles. The lowest BCUT2D eigenvalue weighted by molar-refractivity contribution is -0.160. The maximum Gasteiger partial charge on any atom is 0.337 e. The number of aryl methyl sites for hydroxylation is 1. The fourth-order valence-corrected chi connectivity index (χ4v) is 5.89. The SMILES string of the molecule is Cc1nc2cc(C(=O)NCc3ccc(S(N)(=O)=O)cc3)nn2c(-c2cc(F)c3c(c2C)CCCO3)c1[C@H](OC(C)(C)C)C(=O)O. The van der Waals surface area contributed by atoms with Crippen LogP contribution in [0.4, 0.5) is 4.39 Å². The number of nitrogens with two attached hydrogens (primary N) is 1. The lowest BCUT2D eigenvalue weighted by atomic mass is 9.91. The van der Waals surface area contributed by atoms with Crippen LogP contribution in [0, 0.1) is 19.7 Å². The van der Waals surface area contributed by atoms with Crippen LogP contribution >= 0.6 is 0 Å². The lowest BCUT2D eigenvalue weighted by Crippen LogP contribution is -2.29. The van der Waals surface area contributed by atoms with E-state index in [2.05, 4.69) is 15.4 Å². The average Bonchev–Trinajstić information content (AvgIpc) is 3.39. The topological polar surface area (TPSA) is 175 Å². The van der Waals surface area contributed by atoms with E-state index in [0.717, 1.165) is 0 Å². The zero-order valence-electron chi connectivity index (χ0n) is 25.5. The van der Waals surface area contributed by atoms with E-state index in [4.69, 9.17) is 14.6 Å². The van der Waals surface area contributed by atoms with Crippen LogP contribution in [0.2, 0.25) is 0 Å². The molecule has 0 fully saturated rings. The fourth-order valence-electron chi connectivity index (χ4n) is 5.38. The number of aromatic nitrogens is 3. The molecule has 0 saturated carbocycles. The fraction of sp³-hybridized carbons (Fsp3) is 0.355. The number of nitrogens with zero attached hydrogens (tertiary/aromatic N) is 3. The molecular formula is C31H34FN5O7S. The smallest absolute Gasteiger partial charge is 0.337 e. The van der Waals surface area contributed by atoms with Crippen molar-refractivity contribution < 1.29 is 37.0 Å². The molecule has 1 aliphatic rings. The Morgan fingerprint density at radius 3 is 2.51 bits per heavy atom. The number of carboxylic acid groups (broad SMARTS) is 1. The molecule has 0 bridgehead atoms. The molecule has 2 aromatic carbocycles. The molecule has 5 rings (SSSR count). The Bertz CT molecular complexity index is 1930. The third-order valence-electron chi connectivity index (χ3n) is 7.42. The second-order valence-electron chi connectivity index (χ2n) is 11.9. The Hall–Kier alpha value is -4.40. The van der Waals surface area contributed by atoms with Crippen molar-refractivity contribution in [1.29, 1.82) is 0 Å². The van der Waals surface area contributed by atoms with Gasteiger partial charge in [-0.1, -0.05) is 12.1 Å². The molecule has 0 unspecified atom stereocenters. The van der Waals surface area contributed by atoms with Crippen LogP contribution in [0.5, 0.6) is 5.75 Å². The number of aliphatic carboxylic acids is 1. The zero-order valence-corrected chi connectivity index (χ0v) is 26.3. The van der Waals surface area contributed by atoms with Crippen LogP contribution in [0.3, 0.4) is 0 Å². The molecule has 0 saturated heterocycles. The maximum atomic E-state index is 15.5. The number of rotatable bonds is 8. The molecule has 4 N–H and O–H groups in total. The first-order chi connectivity index (χ1) is 21.0. The second-order valence-corrected chi connectivity index (χ2v) is 13.4. The summed E-state index contributed by atoms with van der Waals surface area (Å²) in [5.74, 6) is -2.26. The number of hydrogen-bond donors (Lipinski definition) is 3. The van der Waals surface area contributed by atoms with Gasteiger partial charge >= 0.3 is 5.97 Å². The molecule has 2 aromatic heterocycles. The number of carbonyl (C=O) groups is 2. The van der Waals surface area contributed by atoms with E-state index in [9.17, 15) is 23.1 Å². The summed E-state index contributed by atoms with van der Waals surface area (Å²) >= 11 is 0. The van der Waals surface area contributed by atoms with Gasteiger partial charge in [0.15, 0.2) is 29.0 Å². The Morgan fingerprint density at radius 2 is 1.89 bits per heavy atom. The number of carboxylic acids is 1. The van der Waals surface area contributed by atoms with Crippen molar-refractivity contribution in [3.63, 3.8) is 0 Å². The highest BCUT2D eigenvalue weighted by Crippen LogP contribution is 2.41. The number of carbonyl (C=O) groups excluding carboxylic acids is 1. The number of primary sulfonamides is 1. The molecule has 14 heteroatoms. The van der Waals surface area contributed by atoms with E-state index in [1.807, 2.05) is 6.92 Å². The Morgan fingerprint density at radius 1 is 1.20 bits per heavy atom. The highest BCUT2D eigenvalue weighted by atomic mass is 32.2. The lowest BCUT2D eigenvalue weighted by Gasteiger charge is -2.28. The minimum atomic E-state index is -3.86. The van der Waals surface area contributed by atoms with Gasteiger partial charge in [0, 0.05) is 35.0 Å². The van der Waals surface area contributed by atoms with Crippen molar-refractivity contribution in [2.24, 2.45) is 5.14 Å². The molecule has 45 heavy (non-hydrogen) atoms. The standard InChI is InChI=1S/C31H34FN5O7S/c1-16-20-7-6-12-43-27(20)22(32)13-21(16)26-25(28(30(39)40)44-31(3,4)5)17(2)35-24-14-23(36-37(24)26)29(38)34-15-18-8-10-19(11-9-18)45(33,41)42/h8-11,13-14,28H,6-7,12,15H2,1-5H3,(H,34,38)(H,39,40)(H2,33,41,42)/t28-/m0/s1. The Kier molecular flexibility index (Phi) is 8.42. The summed E-state index contributed by atoms with van der Waals surface area (Å²) in [4.78, 5) is 30.4. The van der Waals surface area contributed by atoms with Gasteiger partial charge in [-0.25, -0.2) is 32.2 Å². The first kappa shape index (κ1) is 32.0.